The Morgan fingerprint density at radius 2 is 1.73 bits per heavy atom. The highest BCUT2D eigenvalue weighted by molar-refractivity contribution is 5.96. The number of hydrazine groups is 1. The molecule has 1 aromatic carbocycles. The molecule has 2 amide bonds. The number of carbonyl (C=O) groups excluding carboxylic acids is 2. The normalized spacial score (nSPS) is 15.8. The van der Waals surface area contributed by atoms with Gasteiger partial charge in [-0.1, -0.05) is 0 Å². The van der Waals surface area contributed by atoms with Gasteiger partial charge in [-0.15, -0.1) is 0 Å². The monoisotopic (exact) mass is 299 g/mol. The number of piperazine rings is 1. The third-order valence-corrected chi connectivity index (χ3v) is 3.72. The Labute approximate surface area is 127 Å². The predicted molar refractivity (Wildman–Crippen MR) is 80.8 cm³/mol. The van der Waals surface area contributed by atoms with Crippen molar-refractivity contribution >= 4 is 22.8 Å². The summed E-state index contributed by atoms with van der Waals surface area (Å²) in [7, 11) is 0. The molecule has 1 saturated heterocycles. The van der Waals surface area contributed by atoms with Gasteiger partial charge in [0.05, 0.1) is 11.0 Å². The van der Waals surface area contributed by atoms with Crippen LogP contribution in [0.3, 0.4) is 0 Å². The first-order valence-corrected chi connectivity index (χ1v) is 7.16. The fraction of sp³-hybridized carbons (Fsp3) is 0.333. The molecular weight excluding hydrogens is 282 g/mol. The van der Waals surface area contributed by atoms with Gasteiger partial charge in [0.15, 0.2) is 0 Å². The number of aromatic nitrogens is 2. The van der Waals surface area contributed by atoms with Crippen LogP contribution in [-0.4, -0.2) is 57.9 Å². The summed E-state index contributed by atoms with van der Waals surface area (Å²) in [5, 5.41) is 1.84. The number of amides is 2. The van der Waals surface area contributed by atoms with Gasteiger partial charge < -0.3 is 4.90 Å². The van der Waals surface area contributed by atoms with Crippen molar-refractivity contribution < 1.29 is 9.59 Å². The number of benzene rings is 1. The molecule has 0 unspecified atom stereocenters. The summed E-state index contributed by atoms with van der Waals surface area (Å²) >= 11 is 0. The standard InChI is InChI=1S/C15H17N5O2/c1-11(21)19-6-8-20(9-7-19)18-15(22)12-2-3-13-14(10-12)17-5-4-16-13/h2-5,10H,6-9H2,1H3,(H,18,22). The van der Waals surface area contributed by atoms with Gasteiger partial charge in [-0.25, -0.2) is 5.01 Å². The summed E-state index contributed by atoms with van der Waals surface area (Å²) < 4.78 is 0. The first kappa shape index (κ1) is 14.4. The number of nitrogens with zero attached hydrogens (tertiary/aromatic N) is 4. The molecule has 0 radical (unpaired) electrons. The molecule has 7 nitrogen and oxygen atoms in total. The molecule has 7 heteroatoms. The van der Waals surface area contributed by atoms with E-state index >= 15 is 0 Å². The first-order chi connectivity index (χ1) is 10.6. The zero-order valence-electron chi connectivity index (χ0n) is 12.3. The summed E-state index contributed by atoms with van der Waals surface area (Å²) in [5.41, 5.74) is 4.86. The van der Waals surface area contributed by atoms with Crippen molar-refractivity contribution in [1.82, 2.24) is 25.3 Å². The van der Waals surface area contributed by atoms with Crippen LogP contribution in [0.25, 0.3) is 11.0 Å². The number of nitrogens with one attached hydrogen (secondary N) is 1. The third-order valence-electron chi connectivity index (χ3n) is 3.72. The lowest BCUT2D eigenvalue weighted by Crippen LogP contribution is -2.54. The molecule has 2 heterocycles. The Kier molecular flexibility index (Phi) is 3.97. The van der Waals surface area contributed by atoms with Crippen LogP contribution in [0, 0.1) is 0 Å². The molecule has 114 valence electrons. The van der Waals surface area contributed by atoms with Crippen molar-refractivity contribution in [2.75, 3.05) is 26.2 Å². The molecule has 22 heavy (non-hydrogen) atoms. The quantitative estimate of drug-likeness (QED) is 0.870. The van der Waals surface area contributed by atoms with E-state index in [-0.39, 0.29) is 11.8 Å². The van der Waals surface area contributed by atoms with E-state index in [1.165, 1.54) is 0 Å². The van der Waals surface area contributed by atoms with Gasteiger partial charge in [0.2, 0.25) is 5.91 Å². The molecule has 2 aromatic rings. The molecule has 3 rings (SSSR count). The zero-order valence-corrected chi connectivity index (χ0v) is 12.3. The summed E-state index contributed by atoms with van der Waals surface area (Å²) in [6, 6.07) is 5.24. The zero-order chi connectivity index (χ0) is 15.5. The van der Waals surface area contributed by atoms with E-state index in [0.717, 1.165) is 5.52 Å². The van der Waals surface area contributed by atoms with Crippen LogP contribution in [0.15, 0.2) is 30.6 Å². The van der Waals surface area contributed by atoms with E-state index in [0.29, 0.717) is 37.3 Å². The molecule has 0 aliphatic carbocycles. The maximum absolute atomic E-state index is 12.3. The van der Waals surface area contributed by atoms with E-state index in [1.54, 1.807) is 42.4 Å². The van der Waals surface area contributed by atoms with Crippen LogP contribution in [0.2, 0.25) is 0 Å². The Hall–Kier alpha value is -2.54. The van der Waals surface area contributed by atoms with Gasteiger partial charge in [0, 0.05) is 51.1 Å². The van der Waals surface area contributed by atoms with Crippen LogP contribution < -0.4 is 5.43 Å². The van der Waals surface area contributed by atoms with Crippen LogP contribution in [0.4, 0.5) is 0 Å². The second kappa shape index (κ2) is 6.07. The van der Waals surface area contributed by atoms with E-state index in [2.05, 4.69) is 15.4 Å². The van der Waals surface area contributed by atoms with Gasteiger partial charge in [0.1, 0.15) is 0 Å². The largest absolute Gasteiger partial charge is 0.340 e. The second-order valence-electron chi connectivity index (χ2n) is 5.19. The minimum atomic E-state index is -0.177. The molecule has 0 spiro atoms. The molecule has 1 aliphatic heterocycles. The molecule has 1 fully saturated rings. The minimum absolute atomic E-state index is 0.0686. The van der Waals surface area contributed by atoms with Crippen LogP contribution in [-0.2, 0) is 4.79 Å². The van der Waals surface area contributed by atoms with Gasteiger partial charge >= 0.3 is 0 Å². The molecule has 0 bridgehead atoms. The van der Waals surface area contributed by atoms with Crippen molar-refractivity contribution in [2.45, 2.75) is 6.92 Å². The topological polar surface area (TPSA) is 78.4 Å². The van der Waals surface area contributed by atoms with Crippen molar-refractivity contribution in [3.8, 4) is 0 Å². The third kappa shape index (κ3) is 3.04. The Bertz CT molecular complexity index is 710. The smallest absolute Gasteiger partial charge is 0.265 e. The van der Waals surface area contributed by atoms with Crippen molar-refractivity contribution in [3.05, 3.63) is 36.2 Å². The highest BCUT2D eigenvalue weighted by atomic mass is 16.2. The van der Waals surface area contributed by atoms with Gasteiger partial charge in [-0.2, -0.15) is 0 Å². The van der Waals surface area contributed by atoms with Crippen LogP contribution in [0.5, 0.6) is 0 Å². The molecule has 0 saturated carbocycles. The lowest BCUT2D eigenvalue weighted by Gasteiger charge is -2.34. The average molecular weight is 299 g/mol. The highest BCUT2D eigenvalue weighted by Gasteiger charge is 2.20. The Morgan fingerprint density at radius 3 is 2.41 bits per heavy atom. The van der Waals surface area contributed by atoms with Gasteiger partial charge in [-0.05, 0) is 18.2 Å². The maximum atomic E-state index is 12.3. The molecule has 1 N–H and O–H groups in total. The SMILES string of the molecule is CC(=O)N1CCN(NC(=O)c2ccc3nccnc3c2)CC1. The molecule has 1 aliphatic rings. The minimum Gasteiger partial charge on any atom is -0.340 e. The van der Waals surface area contributed by atoms with Crippen molar-refractivity contribution in [3.63, 3.8) is 0 Å². The number of fused-ring (bicyclic) bond motifs is 1. The fourth-order valence-corrected chi connectivity index (χ4v) is 2.45. The fourth-order valence-electron chi connectivity index (χ4n) is 2.45. The summed E-state index contributed by atoms with van der Waals surface area (Å²) in [4.78, 5) is 33.7. The molecule has 0 atom stereocenters. The Morgan fingerprint density at radius 1 is 1.05 bits per heavy atom. The lowest BCUT2D eigenvalue weighted by atomic mass is 10.2. The number of rotatable bonds is 2. The average Bonchev–Trinajstić information content (AvgIpc) is 2.55. The summed E-state index contributed by atoms with van der Waals surface area (Å²) in [6.07, 6.45) is 3.22. The van der Waals surface area contributed by atoms with Crippen LogP contribution >= 0.6 is 0 Å². The maximum Gasteiger partial charge on any atom is 0.265 e. The van der Waals surface area contributed by atoms with E-state index < -0.39 is 0 Å². The second-order valence-corrected chi connectivity index (χ2v) is 5.19. The Balaban J connectivity index is 1.65. The first-order valence-electron chi connectivity index (χ1n) is 7.16. The number of carbonyl (C=O) groups is 2. The van der Waals surface area contributed by atoms with E-state index in [9.17, 15) is 9.59 Å². The summed E-state index contributed by atoms with van der Waals surface area (Å²) in [5.74, 6) is -0.108. The number of hydrogen-bond acceptors (Lipinski definition) is 5. The van der Waals surface area contributed by atoms with E-state index in [4.69, 9.17) is 0 Å². The highest BCUT2D eigenvalue weighted by Crippen LogP contribution is 2.11. The van der Waals surface area contributed by atoms with Crippen molar-refractivity contribution in [2.24, 2.45) is 0 Å². The summed E-state index contributed by atoms with van der Waals surface area (Å²) in [6.45, 7) is 4.05. The predicted octanol–water partition coefficient (Wildman–Crippen LogP) is 0.439. The lowest BCUT2D eigenvalue weighted by molar-refractivity contribution is -0.130. The van der Waals surface area contributed by atoms with Gasteiger partial charge in [0.25, 0.3) is 5.91 Å². The molecule has 1 aromatic heterocycles. The number of hydrogen-bond donors (Lipinski definition) is 1. The van der Waals surface area contributed by atoms with Gasteiger partial charge in [-0.3, -0.25) is 25.0 Å². The van der Waals surface area contributed by atoms with E-state index in [1.807, 2.05) is 5.01 Å². The van der Waals surface area contributed by atoms with Crippen LogP contribution in [0.1, 0.15) is 17.3 Å². The van der Waals surface area contributed by atoms with Crippen molar-refractivity contribution in [1.29, 1.82) is 0 Å². The molecular formula is C15H17N5O2.